The van der Waals surface area contributed by atoms with Gasteiger partial charge in [-0.15, -0.1) is 0 Å². The maximum Gasteiger partial charge on any atom is 0.325 e. The highest BCUT2D eigenvalue weighted by Crippen LogP contribution is 2.49. The Balaban J connectivity index is 1.73. The lowest BCUT2D eigenvalue weighted by molar-refractivity contribution is -0.125. The first-order chi connectivity index (χ1) is 7.98. The Labute approximate surface area is 102 Å². The van der Waals surface area contributed by atoms with E-state index < -0.39 is 5.54 Å². The topological polar surface area (TPSA) is 49.4 Å². The number of urea groups is 1. The van der Waals surface area contributed by atoms with Crippen LogP contribution < -0.4 is 5.32 Å². The number of imide groups is 1. The summed E-state index contributed by atoms with van der Waals surface area (Å²) in [5.74, 6) is 2.13. The highest BCUT2D eigenvalue weighted by atomic mass is 16.2. The molecule has 3 atom stereocenters. The lowest BCUT2D eigenvalue weighted by atomic mass is 9.87. The van der Waals surface area contributed by atoms with Crippen molar-refractivity contribution in [3.63, 3.8) is 0 Å². The van der Waals surface area contributed by atoms with Crippen LogP contribution in [-0.4, -0.2) is 28.9 Å². The van der Waals surface area contributed by atoms with Gasteiger partial charge in [-0.3, -0.25) is 10.1 Å². The highest BCUT2D eigenvalue weighted by molar-refractivity contribution is 6.06. The van der Waals surface area contributed by atoms with Gasteiger partial charge < -0.3 is 4.90 Å². The molecule has 3 fully saturated rings. The molecule has 0 aromatic rings. The van der Waals surface area contributed by atoms with Crippen LogP contribution in [0.2, 0.25) is 0 Å². The Bertz CT molecular complexity index is 378. The van der Waals surface area contributed by atoms with E-state index in [2.05, 4.69) is 5.32 Å². The number of hydrogen-bond donors (Lipinski definition) is 1. The SMILES string of the molecule is CC1(C)C(=O)NC(=O)N1CC1CC2CCC1C2. The molecule has 0 spiro atoms. The minimum Gasteiger partial charge on any atom is -0.310 e. The van der Waals surface area contributed by atoms with Gasteiger partial charge in [0.15, 0.2) is 0 Å². The van der Waals surface area contributed by atoms with E-state index in [-0.39, 0.29) is 11.9 Å². The van der Waals surface area contributed by atoms with Crippen LogP contribution in [0.1, 0.15) is 39.5 Å². The van der Waals surface area contributed by atoms with Crippen LogP contribution in [0.4, 0.5) is 4.79 Å². The predicted molar refractivity (Wildman–Crippen MR) is 63.3 cm³/mol. The van der Waals surface area contributed by atoms with Gasteiger partial charge in [-0.1, -0.05) is 6.42 Å². The van der Waals surface area contributed by atoms with Crippen LogP contribution in [0, 0.1) is 17.8 Å². The summed E-state index contributed by atoms with van der Waals surface area (Å²) in [5, 5.41) is 2.42. The van der Waals surface area contributed by atoms with E-state index in [1.54, 1.807) is 4.90 Å². The fraction of sp³-hybridized carbons (Fsp3) is 0.846. The van der Waals surface area contributed by atoms with Crippen LogP contribution in [0.25, 0.3) is 0 Å². The molecule has 3 unspecified atom stereocenters. The van der Waals surface area contributed by atoms with Gasteiger partial charge in [-0.25, -0.2) is 4.79 Å². The van der Waals surface area contributed by atoms with Gasteiger partial charge in [-0.2, -0.15) is 0 Å². The molecule has 1 N–H and O–H groups in total. The van der Waals surface area contributed by atoms with Crippen molar-refractivity contribution >= 4 is 11.9 Å². The lowest BCUT2D eigenvalue weighted by Gasteiger charge is -2.33. The minimum absolute atomic E-state index is 0.161. The summed E-state index contributed by atoms with van der Waals surface area (Å²) in [6.45, 7) is 4.42. The number of nitrogens with zero attached hydrogens (tertiary/aromatic N) is 1. The van der Waals surface area contributed by atoms with Crippen molar-refractivity contribution in [3.8, 4) is 0 Å². The number of fused-ring (bicyclic) bond motifs is 2. The Kier molecular flexibility index (Phi) is 2.25. The van der Waals surface area contributed by atoms with E-state index in [1.165, 1.54) is 25.7 Å². The highest BCUT2D eigenvalue weighted by Gasteiger charge is 2.48. The fourth-order valence-corrected chi connectivity index (χ4v) is 3.84. The number of nitrogens with one attached hydrogen (secondary N) is 1. The van der Waals surface area contributed by atoms with Crippen LogP contribution in [0.5, 0.6) is 0 Å². The summed E-state index contributed by atoms with van der Waals surface area (Å²) in [6, 6.07) is -0.206. The molecule has 17 heavy (non-hydrogen) atoms. The molecule has 2 saturated carbocycles. The number of carbonyl (C=O) groups excluding carboxylic acids is 2. The number of amides is 3. The summed E-state index contributed by atoms with van der Waals surface area (Å²) < 4.78 is 0. The van der Waals surface area contributed by atoms with Gasteiger partial charge >= 0.3 is 6.03 Å². The second kappa shape index (κ2) is 3.47. The zero-order chi connectivity index (χ0) is 12.2. The molecule has 0 aromatic heterocycles. The summed E-state index contributed by atoms with van der Waals surface area (Å²) in [7, 11) is 0. The van der Waals surface area contributed by atoms with Crippen molar-refractivity contribution in [1.29, 1.82) is 0 Å². The monoisotopic (exact) mass is 236 g/mol. The smallest absolute Gasteiger partial charge is 0.310 e. The van der Waals surface area contributed by atoms with E-state index in [9.17, 15) is 9.59 Å². The molecule has 1 aliphatic heterocycles. The van der Waals surface area contributed by atoms with Crippen molar-refractivity contribution in [1.82, 2.24) is 10.2 Å². The van der Waals surface area contributed by atoms with Gasteiger partial charge in [-0.05, 0) is 50.9 Å². The van der Waals surface area contributed by atoms with Gasteiger partial charge in [0.2, 0.25) is 0 Å². The molecule has 2 aliphatic carbocycles. The molecule has 3 aliphatic rings. The molecular formula is C13H20N2O2. The maximum atomic E-state index is 11.8. The molecule has 1 heterocycles. The third kappa shape index (κ3) is 1.57. The lowest BCUT2D eigenvalue weighted by Crippen LogP contribution is -2.47. The zero-order valence-electron chi connectivity index (χ0n) is 10.5. The molecule has 0 radical (unpaired) electrons. The quantitative estimate of drug-likeness (QED) is 0.743. The van der Waals surface area contributed by atoms with Crippen molar-refractivity contribution in [3.05, 3.63) is 0 Å². The Morgan fingerprint density at radius 2 is 2.06 bits per heavy atom. The molecule has 94 valence electrons. The van der Waals surface area contributed by atoms with Crippen molar-refractivity contribution in [2.45, 2.75) is 45.1 Å². The van der Waals surface area contributed by atoms with Gasteiger partial charge in [0.25, 0.3) is 5.91 Å². The third-order valence-electron chi connectivity index (χ3n) is 5.00. The summed E-state index contributed by atoms with van der Waals surface area (Å²) in [5.41, 5.74) is -0.668. The number of hydrogen-bond acceptors (Lipinski definition) is 2. The van der Waals surface area contributed by atoms with Gasteiger partial charge in [0, 0.05) is 6.54 Å². The molecule has 0 aromatic carbocycles. The number of rotatable bonds is 2. The van der Waals surface area contributed by atoms with E-state index in [0.29, 0.717) is 5.92 Å². The van der Waals surface area contributed by atoms with Crippen molar-refractivity contribution < 1.29 is 9.59 Å². The minimum atomic E-state index is -0.668. The Hall–Kier alpha value is -1.06. The maximum absolute atomic E-state index is 11.8. The summed E-state index contributed by atoms with van der Waals surface area (Å²) in [6.07, 6.45) is 5.28. The van der Waals surface area contributed by atoms with Crippen LogP contribution in [0.3, 0.4) is 0 Å². The molecule has 4 heteroatoms. The summed E-state index contributed by atoms with van der Waals surface area (Å²) >= 11 is 0. The van der Waals surface area contributed by atoms with Crippen LogP contribution in [-0.2, 0) is 4.79 Å². The second-order valence-corrected chi connectivity index (χ2v) is 6.36. The molecule has 2 bridgehead atoms. The molecule has 4 nitrogen and oxygen atoms in total. The third-order valence-corrected chi connectivity index (χ3v) is 5.00. The summed E-state index contributed by atoms with van der Waals surface area (Å²) in [4.78, 5) is 25.2. The first-order valence-corrected chi connectivity index (χ1v) is 6.61. The molecule has 3 rings (SSSR count). The van der Waals surface area contributed by atoms with E-state index in [0.717, 1.165) is 18.4 Å². The zero-order valence-corrected chi connectivity index (χ0v) is 10.5. The average Bonchev–Trinajstić information content (AvgIpc) is 2.90. The first kappa shape index (κ1) is 11.1. The molecule has 3 amide bonds. The average molecular weight is 236 g/mol. The molecule has 1 saturated heterocycles. The van der Waals surface area contributed by atoms with E-state index in [4.69, 9.17) is 0 Å². The van der Waals surface area contributed by atoms with E-state index >= 15 is 0 Å². The fourth-order valence-electron chi connectivity index (χ4n) is 3.84. The second-order valence-electron chi connectivity index (χ2n) is 6.36. The van der Waals surface area contributed by atoms with Crippen LogP contribution in [0.15, 0.2) is 0 Å². The Morgan fingerprint density at radius 3 is 2.53 bits per heavy atom. The van der Waals surface area contributed by atoms with Crippen LogP contribution >= 0.6 is 0 Å². The van der Waals surface area contributed by atoms with Crippen molar-refractivity contribution in [2.75, 3.05) is 6.54 Å². The van der Waals surface area contributed by atoms with Gasteiger partial charge in [0.05, 0.1) is 0 Å². The number of carbonyl (C=O) groups is 2. The van der Waals surface area contributed by atoms with Gasteiger partial charge in [0.1, 0.15) is 5.54 Å². The van der Waals surface area contributed by atoms with Crippen molar-refractivity contribution in [2.24, 2.45) is 17.8 Å². The first-order valence-electron chi connectivity index (χ1n) is 6.61. The molecular weight excluding hydrogens is 216 g/mol. The Morgan fingerprint density at radius 1 is 1.29 bits per heavy atom. The van der Waals surface area contributed by atoms with E-state index in [1.807, 2.05) is 13.8 Å². The predicted octanol–water partition coefficient (Wildman–Crippen LogP) is 1.75. The normalized spacial score (nSPS) is 38.9. The standard InChI is InChI=1S/C13H20N2O2/c1-13(2)11(16)14-12(17)15(13)7-10-6-8-3-4-9(10)5-8/h8-10H,3-7H2,1-2H3,(H,14,16,17). The largest absolute Gasteiger partial charge is 0.325 e.